The van der Waals surface area contributed by atoms with Crippen LogP contribution in [0.5, 0.6) is 0 Å². The summed E-state index contributed by atoms with van der Waals surface area (Å²) in [6.45, 7) is 0. The molecular formula is C10H4Br2N4S2. The lowest BCUT2D eigenvalue weighted by Crippen LogP contribution is -2.31. The molecule has 1 unspecified atom stereocenters. The van der Waals surface area contributed by atoms with Gasteiger partial charge in [-0.25, -0.2) is 9.12 Å². The Morgan fingerprint density at radius 2 is 2.06 bits per heavy atom. The number of halogens is 2. The Kier molecular flexibility index (Phi) is 2.63. The standard InChI is InChI=1S/C10H4Br2N4S2/c11-5-1-3-4(8-9(5)15-18-14-8)2-6(12)10-7(3)13-17-16-10/h1-2,9,15H. The number of nitrogens with zero attached hydrogens (tertiary/aromatic N) is 3. The summed E-state index contributed by atoms with van der Waals surface area (Å²) in [6.07, 6.45) is 2.11. The fraction of sp³-hybridized carbons (Fsp3) is 0.100. The third-order valence-corrected chi connectivity index (χ3v) is 5.40. The van der Waals surface area contributed by atoms with Gasteiger partial charge < -0.3 is 0 Å². The number of benzene rings is 1. The van der Waals surface area contributed by atoms with E-state index in [1.54, 1.807) is 0 Å². The van der Waals surface area contributed by atoms with E-state index < -0.39 is 0 Å². The molecule has 1 N–H and O–H groups in total. The first-order valence-corrected chi connectivity index (χ1v) is 8.16. The van der Waals surface area contributed by atoms with Crippen LogP contribution in [-0.4, -0.2) is 20.5 Å². The van der Waals surface area contributed by atoms with Gasteiger partial charge in [-0.2, -0.15) is 8.75 Å². The molecule has 1 aromatic carbocycles. The van der Waals surface area contributed by atoms with Gasteiger partial charge in [0, 0.05) is 20.1 Å². The first-order chi connectivity index (χ1) is 8.75. The molecule has 0 radical (unpaired) electrons. The van der Waals surface area contributed by atoms with Crippen molar-refractivity contribution in [1.82, 2.24) is 13.5 Å². The van der Waals surface area contributed by atoms with E-state index in [9.17, 15) is 0 Å². The van der Waals surface area contributed by atoms with Crippen LogP contribution in [0, 0.1) is 0 Å². The second-order valence-corrected chi connectivity index (χ2v) is 6.83. The molecule has 2 aliphatic rings. The highest BCUT2D eigenvalue weighted by molar-refractivity contribution is 9.12. The zero-order chi connectivity index (χ0) is 12.3. The minimum Gasteiger partial charge on any atom is -0.230 e. The van der Waals surface area contributed by atoms with E-state index >= 15 is 0 Å². The number of aromatic nitrogens is 2. The van der Waals surface area contributed by atoms with Gasteiger partial charge in [-0.1, -0.05) is 15.9 Å². The molecule has 4 rings (SSSR count). The maximum Gasteiger partial charge on any atom is 0.119 e. The van der Waals surface area contributed by atoms with Crippen molar-refractivity contribution in [2.24, 2.45) is 4.40 Å². The van der Waals surface area contributed by atoms with Crippen LogP contribution in [-0.2, 0) is 0 Å². The summed E-state index contributed by atoms with van der Waals surface area (Å²) < 4.78 is 18.5. The van der Waals surface area contributed by atoms with Crippen molar-refractivity contribution in [3.05, 3.63) is 26.1 Å². The number of fused-ring (bicyclic) bond motifs is 5. The summed E-state index contributed by atoms with van der Waals surface area (Å²) in [7, 11) is 0. The van der Waals surface area contributed by atoms with Crippen molar-refractivity contribution in [2.75, 3.05) is 0 Å². The van der Waals surface area contributed by atoms with Crippen molar-refractivity contribution in [3.8, 4) is 0 Å². The Labute approximate surface area is 128 Å². The molecule has 1 aliphatic heterocycles. The summed E-state index contributed by atoms with van der Waals surface area (Å²) in [5, 5.41) is 0. The van der Waals surface area contributed by atoms with Gasteiger partial charge in [-0.05, 0) is 28.1 Å². The van der Waals surface area contributed by atoms with Crippen molar-refractivity contribution >= 4 is 78.5 Å². The number of rotatable bonds is 0. The Morgan fingerprint density at radius 1 is 1.22 bits per heavy atom. The third kappa shape index (κ3) is 1.50. The van der Waals surface area contributed by atoms with Crippen LogP contribution in [0.4, 0.5) is 0 Å². The van der Waals surface area contributed by atoms with Crippen LogP contribution in [0.1, 0.15) is 11.1 Å². The molecule has 0 bridgehead atoms. The van der Waals surface area contributed by atoms with Gasteiger partial charge in [-0.15, -0.1) is 0 Å². The molecule has 1 aliphatic carbocycles. The molecule has 0 saturated heterocycles. The van der Waals surface area contributed by atoms with E-state index in [2.05, 4.69) is 61.9 Å². The molecule has 2 heterocycles. The van der Waals surface area contributed by atoms with Gasteiger partial charge >= 0.3 is 0 Å². The van der Waals surface area contributed by atoms with E-state index in [1.807, 2.05) is 0 Å². The van der Waals surface area contributed by atoms with Crippen LogP contribution < -0.4 is 4.72 Å². The fourth-order valence-electron chi connectivity index (χ4n) is 2.13. The first-order valence-electron chi connectivity index (χ1n) is 5.07. The van der Waals surface area contributed by atoms with Gasteiger partial charge in [0.15, 0.2) is 0 Å². The molecule has 4 nitrogen and oxygen atoms in total. The molecule has 8 heteroatoms. The Morgan fingerprint density at radius 3 is 2.94 bits per heavy atom. The summed E-state index contributed by atoms with van der Waals surface area (Å²) in [4.78, 5) is 0. The average molecular weight is 404 g/mol. The predicted octanol–water partition coefficient (Wildman–Crippen LogP) is 3.53. The van der Waals surface area contributed by atoms with E-state index in [-0.39, 0.29) is 6.04 Å². The lowest BCUT2D eigenvalue weighted by molar-refractivity contribution is 0.998. The van der Waals surface area contributed by atoms with E-state index in [0.29, 0.717) is 0 Å². The van der Waals surface area contributed by atoms with Crippen molar-refractivity contribution in [1.29, 1.82) is 0 Å². The third-order valence-electron chi connectivity index (χ3n) is 2.95. The highest BCUT2D eigenvalue weighted by atomic mass is 79.9. The molecule has 0 fully saturated rings. The maximum absolute atomic E-state index is 4.47. The topological polar surface area (TPSA) is 50.2 Å². The van der Waals surface area contributed by atoms with Crippen LogP contribution in [0.25, 0.3) is 17.1 Å². The van der Waals surface area contributed by atoms with Crippen molar-refractivity contribution in [2.45, 2.75) is 6.04 Å². The molecule has 0 amide bonds. The van der Waals surface area contributed by atoms with Gasteiger partial charge in [-0.3, -0.25) is 0 Å². The summed E-state index contributed by atoms with van der Waals surface area (Å²) >= 11 is 9.77. The summed E-state index contributed by atoms with van der Waals surface area (Å²) in [5.41, 5.74) is 5.09. The highest BCUT2D eigenvalue weighted by Gasteiger charge is 2.32. The van der Waals surface area contributed by atoms with Gasteiger partial charge in [0.05, 0.1) is 35.6 Å². The zero-order valence-corrected chi connectivity index (χ0v) is 13.5. The number of nitrogens with one attached hydrogen (secondary N) is 1. The number of hydrogen-bond acceptors (Lipinski definition) is 6. The predicted molar refractivity (Wildman–Crippen MR) is 83.1 cm³/mol. The molecule has 18 heavy (non-hydrogen) atoms. The second kappa shape index (κ2) is 4.11. The first kappa shape index (κ1) is 11.5. The molecule has 90 valence electrons. The molecule has 0 spiro atoms. The minimum absolute atomic E-state index is 0.137. The lowest BCUT2D eigenvalue weighted by atomic mass is 9.91. The van der Waals surface area contributed by atoms with Gasteiger partial charge in [0.25, 0.3) is 0 Å². The summed E-state index contributed by atoms with van der Waals surface area (Å²) in [6, 6.07) is 2.22. The number of hydrogen-bond donors (Lipinski definition) is 1. The van der Waals surface area contributed by atoms with E-state index in [0.717, 1.165) is 36.8 Å². The average Bonchev–Trinajstić information content (AvgIpc) is 2.98. The quantitative estimate of drug-likeness (QED) is 0.683. The smallest absolute Gasteiger partial charge is 0.119 e. The van der Waals surface area contributed by atoms with Crippen LogP contribution in [0.3, 0.4) is 0 Å². The van der Waals surface area contributed by atoms with Gasteiger partial charge in [0.2, 0.25) is 0 Å². The normalized spacial score (nSPS) is 21.6. The lowest BCUT2D eigenvalue weighted by Gasteiger charge is -2.20. The monoisotopic (exact) mass is 402 g/mol. The Balaban J connectivity index is 2.14. The molecule has 1 atom stereocenters. The summed E-state index contributed by atoms with van der Waals surface area (Å²) in [5.74, 6) is 0. The molecule has 1 aromatic heterocycles. The van der Waals surface area contributed by atoms with Crippen LogP contribution in [0.2, 0.25) is 0 Å². The van der Waals surface area contributed by atoms with E-state index in [1.165, 1.54) is 23.9 Å². The van der Waals surface area contributed by atoms with E-state index in [4.69, 9.17) is 0 Å². The molecule has 0 saturated carbocycles. The van der Waals surface area contributed by atoms with Crippen molar-refractivity contribution < 1.29 is 0 Å². The molecule has 2 aromatic rings. The van der Waals surface area contributed by atoms with Gasteiger partial charge in [0.1, 0.15) is 11.0 Å². The Bertz CT molecular complexity index is 737. The minimum atomic E-state index is 0.137. The SMILES string of the molecule is BrC1=Cc2c(cc(Br)c3nsnc23)C2=NSNC12. The Hall–Kier alpha value is -0.280. The van der Waals surface area contributed by atoms with Crippen molar-refractivity contribution in [3.63, 3.8) is 0 Å². The second-order valence-electron chi connectivity index (χ2n) is 3.93. The fourth-order valence-corrected chi connectivity index (χ4v) is 4.74. The van der Waals surface area contributed by atoms with Crippen LogP contribution in [0.15, 0.2) is 19.4 Å². The zero-order valence-electron chi connectivity index (χ0n) is 8.65. The van der Waals surface area contributed by atoms with Crippen LogP contribution >= 0.6 is 55.7 Å². The molecular weight excluding hydrogens is 400 g/mol. The maximum atomic E-state index is 4.47. The highest BCUT2D eigenvalue weighted by Crippen LogP contribution is 2.38. The largest absolute Gasteiger partial charge is 0.230 e.